The Morgan fingerprint density at radius 3 is 2.74 bits per heavy atom. The SMILES string of the molecule is CCCNC(=O)C(C)NCC(O)c1ccccc1Cl. The molecule has 1 amide bonds. The van der Waals surface area contributed by atoms with Crippen molar-refractivity contribution in [3.8, 4) is 0 Å². The van der Waals surface area contributed by atoms with Gasteiger partial charge in [-0.05, 0) is 19.4 Å². The average molecular weight is 285 g/mol. The first-order valence-electron chi connectivity index (χ1n) is 6.49. The largest absolute Gasteiger partial charge is 0.387 e. The number of aliphatic hydroxyl groups is 1. The van der Waals surface area contributed by atoms with Crippen LogP contribution in [0.3, 0.4) is 0 Å². The number of nitrogens with one attached hydrogen (secondary N) is 2. The summed E-state index contributed by atoms with van der Waals surface area (Å²) in [6, 6.07) is 6.80. The van der Waals surface area contributed by atoms with Gasteiger partial charge in [-0.25, -0.2) is 0 Å². The highest BCUT2D eigenvalue weighted by atomic mass is 35.5. The zero-order valence-corrected chi connectivity index (χ0v) is 12.1. The molecule has 0 aliphatic heterocycles. The fourth-order valence-corrected chi connectivity index (χ4v) is 1.90. The Hall–Kier alpha value is -1.10. The maximum atomic E-state index is 11.6. The number of carbonyl (C=O) groups is 1. The number of rotatable bonds is 7. The van der Waals surface area contributed by atoms with Crippen LogP contribution in [0.5, 0.6) is 0 Å². The van der Waals surface area contributed by atoms with Crippen LogP contribution in [0, 0.1) is 0 Å². The third-order valence-electron chi connectivity index (χ3n) is 2.82. The second-order valence-electron chi connectivity index (χ2n) is 4.46. The number of amides is 1. The van der Waals surface area contributed by atoms with Gasteiger partial charge in [-0.2, -0.15) is 0 Å². The molecule has 0 saturated heterocycles. The molecule has 0 aromatic heterocycles. The van der Waals surface area contributed by atoms with E-state index in [0.717, 1.165) is 6.42 Å². The van der Waals surface area contributed by atoms with Gasteiger partial charge in [0.05, 0.1) is 12.1 Å². The van der Waals surface area contributed by atoms with E-state index in [1.165, 1.54) is 0 Å². The van der Waals surface area contributed by atoms with Gasteiger partial charge in [-0.3, -0.25) is 4.79 Å². The highest BCUT2D eigenvalue weighted by Crippen LogP contribution is 2.21. The van der Waals surface area contributed by atoms with E-state index in [9.17, 15) is 9.90 Å². The van der Waals surface area contributed by atoms with Gasteiger partial charge in [-0.1, -0.05) is 36.7 Å². The zero-order valence-electron chi connectivity index (χ0n) is 11.3. The van der Waals surface area contributed by atoms with E-state index in [4.69, 9.17) is 11.6 Å². The van der Waals surface area contributed by atoms with Crippen molar-refractivity contribution in [2.24, 2.45) is 0 Å². The minimum atomic E-state index is -0.727. The molecule has 106 valence electrons. The standard InChI is InChI=1S/C14H21ClN2O2/c1-3-8-16-14(19)10(2)17-9-13(18)11-6-4-5-7-12(11)15/h4-7,10,13,17-18H,3,8-9H2,1-2H3,(H,16,19). The normalized spacial score (nSPS) is 13.9. The lowest BCUT2D eigenvalue weighted by Crippen LogP contribution is -2.43. The Morgan fingerprint density at radius 2 is 2.11 bits per heavy atom. The monoisotopic (exact) mass is 284 g/mol. The summed E-state index contributed by atoms with van der Waals surface area (Å²) in [5.74, 6) is -0.0618. The fourth-order valence-electron chi connectivity index (χ4n) is 1.64. The molecule has 0 saturated carbocycles. The molecule has 1 aromatic carbocycles. The lowest BCUT2D eigenvalue weighted by Gasteiger charge is -2.17. The third-order valence-corrected chi connectivity index (χ3v) is 3.17. The molecule has 0 aliphatic rings. The molecule has 0 fully saturated rings. The summed E-state index contributed by atoms with van der Waals surface area (Å²) < 4.78 is 0. The van der Waals surface area contributed by atoms with Gasteiger partial charge in [0.2, 0.25) is 5.91 Å². The number of hydrogen-bond acceptors (Lipinski definition) is 3. The average Bonchev–Trinajstić information content (AvgIpc) is 2.42. The molecule has 2 unspecified atom stereocenters. The van der Waals surface area contributed by atoms with Crippen molar-refractivity contribution < 1.29 is 9.90 Å². The summed E-state index contributed by atoms with van der Waals surface area (Å²) in [7, 11) is 0. The summed E-state index contributed by atoms with van der Waals surface area (Å²) in [6.45, 7) is 4.71. The zero-order chi connectivity index (χ0) is 14.3. The molecule has 1 aromatic rings. The number of hydrogen-bond donors (Lipinski definition) is 3. The molecule has 0 aliphatic carbocycles. The van der Waals surface area contributed by atoms with Crippen LogP contribution in [0.1, 0.15) is 31.9 Å². The summed E-state index contributed by atoms with van der Waals surface area (Å²) in [5, 5.41) is 16.4. The smallest absolute Gasteiger partial charge is 0.236 e. The van der Waals surface area contributed by atoms with E-state index in [2.05, 4.69) is 10.6 Å². The van der Waals surface area contributed by atoms with Gasteiger partial charge < -0.3 is 15.7 Å². The Balaban J connectivity index is 2.44. The van der Waals surface area contributed by atoms with Crippen LogP contribution in [0.2, 0.25) is 5.02 Å². The molecule has 0 radical (unpaired) electrons. The van der Waals surface area contributed by atoms with Crippen LogP contribution in [0.4, 0.5) is 0 Å². The van der Waals surface area contributed by atoms with Crippen molar-refractivity contribution in [3.05, 3.63) is 34.9 Å². The quantitative estimate of drug-likeness (QED) is 0.716. The van der Waals surface area contributed by atoms with Crippen molar-refractivity contribution in [1.82, 2.24) is 10.6 Å². The van der Waals surface area contributed by atoms with Gasteiger partial charge in [-0.15, -0.1) is 0 Å². The van der Waals surface area contributed by atoms with Crippen molar-refractivity contribution in [2.75, 3.05) is 13.1 Å². The molecular formula is C14H21ClN2O2. The van der Waals surface area contributed by atoms with Gasteiger partial charge in [0, 0.05) is 23.7 Å². The van der Waals surface area contributed by atoms with Gasteiger partial charge in [0.15, 0.2) is 0 Å². The van der Waals surface area contributed by atoms with Gasteiger partial charge in [0.25, 0.3) is 0 Å². The predicted octanol–water partition coefficient (Wildman–Crippen LogP) is 1.88. The van der Waals surface area contributed by atoms with Crippen molar-refractivity contribution in [2.45, 2.75) is 32.4 Å². The molecule has 0 spiro atoms. The molecule has 0 bridgehead atoms. The van der Waals surface area contributed by atoms with E-state index in [1.54, 1.807) is 19.1 Å². The molecular weight excluding hydrogens is 264 g/mol. The molecule has 0 heterocycles. The molecule has 4 nitrogen and oxygen atoms in total. The second kappa shape index (κ2) is 8.15. The molecule has 5 heteroatoms. The molecule has 2 atom stereocenters. The topological polar surface area (TPSA) is 61.4 Å². The third kappa shape index (κ3) is 5.19. The van der Waals surface area contributed by atoms with Gasteiger partial charge >= 0.3 is 0 Å². The van der Waals surface area contributed by atoms with E-state index in [0.29, 0.717) is 17.1 Å². The van der Waals surface area contributed by atoms with Crippen LogP contribution in [0.15, 0.2) is 24.3 Å². The highest BCUT2D eigenvalue weighted by Gasteiger charge is 2.15. The Morgan fingerprint density at radius 1 is 1.42 bits per heavy atom. The number of aliphatic hydroxyl groups excluding tert-OH is 1. The number of halogens is 1. The van der Waals surface area contributed by atoms with Crippen LogP contribution in [0.25, 0.3) is 0 Å². The Bertz CT molecular complexity index is 412. The Labute approximate surface area is 119 Å². The minimum absolute atomic E-state index is 0.0618. The maximum absolute atomic E-state index is 11.6. The first-order chi connectivity index (χ1) is 9.06. The first-order valence-corrected chi connectivity index (χ1v) is 6.87. The van der Waals surface area contributed by atoms with Crippen molar-refractivity contribution in [1.29, 1.82) is 0 Å². The first kappa shape index (κ1) is 16.0. The fraction of sp³-hybridized carbons (Fsp3) is 0.500. The summed E-state index contributed by atoms with van der Waals surface area (Å²) in [4.78, 5) is 11.6. The van der Waals surface area contributed by atoms with E-state index in [1.807, 2.05) is 19.1 Å². The van der Waals surface area contributed by atoms with Crippen LogP contribution < -0.4 is 10.6 Å². The summed E-state index contributed by atoms with van der Waals surface area (Å²) >= 11 is 6.00. The van der Waals surface area contributed by atoms with E-state index >= 15 is 0 Å². The maximum Gasteiger partial charge on any atom is 0.236 e. The number of carbonyl (C=O) groups excluding carboxylic acids is 1. The lowest BCUT2D eigenvalue weighted by atomic mass is 10.1. The molecule has 1 rings (SSSR count). The van der Waals surface area contributed by atoms with Crippen LogP contribution in [-0.4, -0.2) is 30.1 Å². The summed E-state index contributed by atoms with van der Waals surface area (Å²) in [5.41, 5.74) is 0.665. The van der Waals surface area contributed by atoms with Crippen LogP contribution in [-0.2, 0) is 4.79 Å². The lowest BCUT2D eigenvalue weighted by molar-refractivity contribution is -0.122. The van der Waals surface area contributed by atoms with E-state index < -0.39 is 6.10 Å². The molecule has 19 heavy (non-hydrogen) atoms. The predicted molar refractivity (Wildman–Crippen MR) is 77.2 cm³/mol. The Kier molecular flexibility index (Phi) is 6.84. The molecule has 3 N–H and O–H groups in total. The number of benzene rings is 1. The van der Waals surface area contributed by atoms with Gasteiger partial charge in [0.1, 0.15) is 0 Å². The summed E-state index contributed by atoms with van der Waals surface area (Å²) in [6.07, 6.45) is 0.177. The van der Waals surface area contributed by atoms with Crippen molar-refractivity contribution in [3.63, 3.8) is 0 Å². The van der Waals surface area contributed by atoms with E-state index in [-0.39, 0.29) is 18.5 Å². The van der Waals surface area contributed by atoms with Crippen LogP contribution >= 0.6 is 11.6 Å². The minimum Gasteiger partial charge on any atom is -0.387 e. The highest BCUT2D eigenvalue weighted by molar-refractivity contribution is 6.31. The second-order valence-corrected chi connectivity index (χ2v) is 4.87. The van der Waals surface area contributed by atoms with Crippen molar-refractivity contribution >= 4 is 17.5 Å².